The molecule has 1 aliphatic heterocycles. The number of hydrogen-bond donors (Lipinski definition) is 1. The van der Waals surface area contributed by atoms with E-state index in [0.717, 1.165) is 6.07 Å². The number of esters is 1. The minimum Gasteiger partial charge on any atom is -0.465 e. The summed E-state index contributed by atoms with van der Waals surface area (Å²) < 4.78 is 31.9. The molecule has 1 N–H and O–H groups in total. The Morgan fingerprint density at radius 3 is 2.52 bits per heavy atom. The van der Waals surface area contributed by atoms with Crippen LogP contribution >= 0.6 is 0 Å². The molecule has 1 aliphatic rings. The zero-order valence-electron chi connectivity index (χ0n) is 13.4. The molecule has 126 valence electrons. The number of nitrogens with zero attached hydrogens (tertiary/aromatic N) is 1. The summed E-state index contributed by atoms with van der Waals surface area (Å²) in [7, 11) is 0. The SMILES string of the molecule is CCOC(=O)CN1C(=O)C(C)(C)NC[C@@H]1c1cc(F)cc(F)c1. The van der Waals surface area contributed by atoms with Crippen LogP contribution in [-0.4, -0.2) is 42.0 Å². The molecule has 0 saturated carbocycles. The summed E-state index contributed by atoms with van der Waals surface area (Å²) in [6.07, 6.45) is 0. The molecule has 5 nitrogen and oxygen atoms in total. The van der Waals surface area contributed by atoms with Gasteiger partial charge < -0.3 is 15.0 Å². The highest BCUT2D eigenvalue weighted by atomic mass is 19.1. The second-order valence-electron chi connectivity index (χ2n) is 5.96. The Labute approximate surface area is 133 Å². The molecule has 23 heavy (non-hydrogen) atoms. The molecule has 1 aromatic rings. The summed E-state index contributed by atoms with van der Waals surface area (Å²) in [6, 6.07) is 2.45. The van der Waals surface area contributed by atoms with Gasteiger partial charge in [-0.15, -0.1) is 0 Å². The van der Waals surface area contributed by atoms with Crippen LogP contribution < -0.4 is 5.32 Å². The van der Waals surface area contributed by atoms with E-state index in [1.165, 1.54) is 17.0 Å². The van der Waals surface area contributed by atoms with Gasteiger partial charge in [-0.2, -0.15) is 0 Å². The molecule has 0 spiro atoms. The summed E-state index contributed by atoms with van der Waals surface area (Å²) >= 11 is 0. The van der Waals surface area contributed by atoms with Crippen LogP contribution in [0.5, 0.6) is 0 Å². The van der Waals surface area contributed by atoms with Crippen molar-refractivity contribution in [1.29, 1.82) is 0 Å². The third-order valence-electron chi connectivity index (χ3n) is 3.78. The lowest BCUT2D eigenvalue weighted by atomic mass is 9.94. The van der Waals surface area contributed by atoms with Crippen molar-refractivity contribution < 1.29 is 23.1 Å². The van der Waals surface area contributed by atoms with Crippen molar-refractivity contribution in [2.75, 3.05) is 19.7 Å². The Morgan fingerprint density at radius 1 is 1.35 bits per heavy atom. The average Bonchev–Trinajstić information content (AvgIpc) is 2.43. The fourth-order valence-corrected chi connectivity index (χ4v) is 2.63. The molecule has 1 heterocycles. The molecule has 0 aliphatic carbocycles. The number of hydrogen-bond acceptors (Lipinski definition) is 4. The molecule has 7 heteroatoms. The molecule has 0 unspecified atom stereocenters. The van der Waals surface area contributed by atoms with Crippen molar-refractivity contribution in [3.63, 3.8) is 0 Å². The number of carbonyl (C=O) groups is 2. The second kappa shape index (κ2) is 6.62. The smallest absolute Gasteiger partial charge is 0.325 e. The zero-order valence-corrected chi connectivity index (χ0v) is 13.4. The fourth-order valence-electron chi connectivity index (χ4n) is 2.63. The van der Waals surface area contributed by atoms with Gasteiger partial charge in [0.15, 0.2) is 0 Å². The van der Waals surface area contributed by atoms with Gasteiger partial charge in [0.05, 0.1) is 18.2 Å². The third-order valence-corrected chi connectivity index (χ3v) is 3.78. The number of benzene rings is 1. The van der Waals surface area contributed by atoms with Crippen LogP contribution in [0.4, 0.5) is 8.78 Å². The molecule has 1 fully saturated rings. The van der Waals surface area contributed by atoms with Crippen LogP contribution in [0.2, 0.25) is 0 Å². The van der Waals surface area contributed by atoms with E-state index < -0.39 is 29.2 Å². The maximum atomic E-state index is 13.5. The number of ether oxygens (including phenoxy) is 1. The van der Waals surface area contributed by atoms with Crippen molar-refractivity contribution in [3.05, 3.63) is 35.4 Å². The maximum Gasteiger partial charge on any atom is 0.325 e. The lowest BCUT2D eigenvalue weighted by Crippen LogP contribution is -2.63. The molecular weight excluding hydrogens is 306 g/mol. The number of carbonyl (C=O) groups excluding carboxylic acids is 2. The molecule has 1 aromatic carbocycles. The first-order valence-corrected chi connectivity index (χ1v) is 7.42. The zero-order chi connectivity index (χ0) is 17.2. The van der Waals surface area contributed by atoms with Crippen LogP contribution in [0.1, 0.15) is 32.4 Å². The van der Waals surface area contributed by atoms with Crippen LogP contribution in [0, 0.1) is 11.6 Å². The second-order valence-corrected chi connectivity index (χ2v) is 5.96. The van der Waals surface area contributed by atoms with E-state index in [9.17, 15) is 18.4 Å². The highest BCUT2D eigenvalue weighted by molar-refractivity contribution is 5.89. The summed E-state index contributed by atoms with van der Waals surface area (Å²) in [5.74, 6) is -2.34. The van der Waals surface area contributed by atoms with E-state index in [4.69, 9.17) is 4.74 Å². The summed E-state index contributed by atoms with van der Waals surface area (Å²) in [6.45, 7) is 5.26. The summed E-state index contributed by atoms with van der Waals surface area (Å²) in [5.41, 5.74) is -0.572. The van der Waals surface area contributed by atoms with Crippen molar-refractivity contribution in [2.45, 2.75) is 32.4 Å². The highest BCUT2D eigenvalue weighted by Gasteiger charge is 2.42. The molecule has 0 radical (unpaired) electrons. The predicted molar refractivity (Wildman–Crippen MR) is 79.5 cm³/mol. The van der Waals surface area contributed by atoms with Gasteiger partial charge in [0.2, 0.25) is 5.91 Å². The Balaban J connectivity index is 2.34. The van der Waals surface area contributed by atoms with Crippen molar-refractivity contribution in [1.82, 2.24) is 10.2 Å². The van der Waals surface area contributed by atoms with Gasteiger partial charge >= 0.3 is 5.97 Å². The molecule has 1 amide bonds. The largest absolute Gasteiger partial charge is 0.465 e. The number of piperazine rings is 1. The Morgan fingerprint density at radius 2 is 1.96 bits per heavy atom. The van der Waals surface area contributed by atoms with Gasteiger partial charge in [0.25, 0.3) is 0 Å². The molecular formula is C16H20F2N2O3. The van der Waals surface area contributed by atoms with Gasteiger partial charge in [0, 0.05) is 12.6 Å². The first-order valence-electron chi connectivity index (χ1n) is 7.42. The highest BCUT2D eigenvalue weighted by Crippen LogP contribution is 2.29. The van der Waals surface area contributed by atoms with E-state index in [1.807, 2.05) is 0 Å². The van der Waals surface area contributed by atoms with E-state index >= 15 is 0 Å². The van der Waals surface area contributed by atoms with E-state index in [-0.39, 0.29) is 25.6 Å². The van der Waals surface area contributed by atoms with Gasteiger partial charge in [-0.25, -0.2) is 8.78 Å². The average molecular weight is 326 g/mol. The Hall–Kier alpha value is -2.02. The maximum absolute atomic E-state index is 13.5. The van der Waals surface area contributed by atoms with Gasteiger partial charge in [0.1, 0.15) is 18.2 Å². The van der Waals surface area contributed by atoms with Crippen LogP contribution in [0.25, 0.3) is 0 Å². The molecule has 0 bridgehead atoms. The van der Waals surface area contributed by atoms with Crippen molar-refractivity contribution >= 4 is 11.9 Å². The van der Waals surface area contributed by atoms with Gasteiger partial charge in [-0.3, -0.25) is 9.59 Å². The first-order chi connectivity index (χ1) is 10.7. The van der Waals surface area contributed by atoms with Crippen molar-refractivity contribution in [2.24, 2.45) is 0 Å². The summed E-state index contributed by atoms with van der Waals surface area (Å²) in [4.78, 5) is 25.7. The monoisotopic (exact) mass is 326 g/mol. The number of halogens is 2. The Bertz CT molecular complexity index is 599. The predicted octanol–water partition coefficient (Wildman–Crippen LogP) is 1.78. The Kier molecular flexibility index (Phi) is 4.99. The van der Waals surface area contributed by atoms with Crippen molar-refractivity contribution in [3.8, 4) is 0 Å². The van der Waals surface area contributed by atoms with Gasteiger partial charge in [-0.05, 0) is 38.5 Å². The third kappa shape index (κ3) is 3.85. The fraction of sp³-hybridized carbons (Fsp3) is 0.500. The normalized spacial score (nSPS) is 20.5. The van der Waals surface area contributed by atoms with E-state index in [1.54, 1.807) is 20.8 Å². The van der Waals surface area contributed by atoms with Gasteiger partial charge in [-0.1, -0.05) is 0 Å². The molecule has 0 aromatic heterocycles. The number of nitrogens with one attached hydrogen (secondary N) is 1. The minimum atomic E-state index is -0.866. The quantitative estimate of drug-likeness (QED) is 0.857. The summed E-state index contributed by atoms with van der Waals surface area (Å²) in [5, 5.41) is 3.04. The van der Waals surface area contributed by atoms with E-state index in [2.05, 4.69) is 5.32 Å². The molecule has 2 rings (SSSR count). The first kappa shape index (κ1) is 17.3. The number of amides is 1. The molecule has 1 atom stereocenters. The van der Waals surface area contributed by atoms with Crippen LogP contribution in [0.3, 0.4) is 0 Å². The van der Waals surface area contributed by atoms with Crippen LogP contribution in [-0.2, 0) is 14.3 Å². The van der Waals surface area contributed by atoms with E-state index in [0.29, 0.717) is 5.56 Å². The molecule has 1 saturated heterocycles. The lowest BCUT2D eigenvalue weighted by molar-refractivity contribution is -0.155. The van der Waals surface area contributed by atoms with Crippen LogP contribution in [0.15, 0.2) is 18.2 Å². The standard InChI is InChI=1S/C16H20F2N2O3/c1-4-23-14(21)9-20-13(8-19-16(2,3)15(20)22)10-5-11(17)7-12(18)6-10/h5-7,13,19H,4,8-9H2,1-3H3/t13-/m1/s1. The lowest BCUT2D eigenvalue weighted by Gasteiger charge is -2.43. The minimum absolute atomic E-state index is 0.196. The topological polar surface area (TPSA) is 58.6 Å². The number of rotatable bonds is 4.